The summed E-state index contributed by atoms with van der Waals surface area (Å²) in [5.74, 6) is 5.78. The molecule has 0 aromatic rings. The number of thioether (sulfide) groups is 1. The minimum Gasteiger partial charge on any atom is -0.379 e. The van der Waals surface area contributed by atoms with Gasteiger partial charge in [0.2, 0.25) is 5.91 Å². The zero-order valence-electron chi connectivity index (χ0n) is 17.4. The second-order valence-electron chi connectivity index (χ2n) is 7.40. The van der Waals surface area contributed by atoms with Crippen molar-refractivity contribution < 1.29 is 28.7 Å². The number of Topliss-reactive ketones (excluding diaryl/α,β-unsaturated/α-hetero) is 1. The molecule has 2 aliphatic heterocycles. The first kappa shape index (κ1) is 24.9. The highest BCUT2D eigenvalue weighted by Crippen LogP contribution is 2.33. The van der Waals surface area contributed by atoms with Gasteiger partial charge in [0.25, 0.3) is 0 Å². The lowest BCUT2D eigenvalue weighted by Crippen LogP contribution is -2.36. The molecule has 0 spiro atoms. The first-order chi connectivity index (χ1) is 14.6. The zero-order valence-corrected chi connectivity index (χ0v) is 18.2. The van der Waals surface area contributed by atoms with Gasteiger partial charge in [-0.25, -0.2) is 10.7 Å². The molecule has 2 rings (SSSR count). The second kappa shape index (κ2) is 14.6. The summed E-state index contributed by atoms with van der Waals surface area (Å²) in [7, 11) is 0. The van der Waals surface area contributed by atoms with E-state index in [1.54, 1.807) is 0 Å². The number of hydrogen-bond donors (Lipinski definition) is 4. The van der Waals surface area contributed by atoms with E-state index in [0.29, 0.717) is 57.5 Å². The molecule has 2 fully saturated rings. The van der Waals surface area contributed by atoms with Gasteiger partial charge >= 0.3 is 6.03 Å². The summed E-state index contributed by atoms with van der Waals surface area (Å²) in [6, 6.07) is 0.418. The van der Waals surface area contributed by atoms with Crippen LogP contribution in [0.4, 0.5) is 4.79 Å². The number of carbonyl (C=O) groups is 3. The van der Waals surface area contributed by atoms with E-state index in [2.05, 4.69) is 20.8 Å². The minimum atomic E-state index is -0.0628. The van der Waals surface area contributed by atoms with Gasteiger partial charge < -0.3 is 25.4 Å². The molecule has 11 heteroatoms. The van der Waals surface area contributed by atoms with Gasteiger partial charge in [-0.15, -0.1) is 0 Å². The predicted octanol–water partition coefficient (Wildman–Crippen LogP) is 0.101. The molecule has 30 heavy (non-hydrogen) atoms. The van der Waals surface area contributed by atoms with Crippen LogP contribution in [0.25, 0.3) is 0 Å². The Morgan fingerprint density at radius 1 is 1.07 bits per heavy atom. The smallest absolute Gasteiger partial charge is 0.315 e. The van der Waals surface area contributed by atoms with Crippen LogP contribution in [-0.2, 0) is 23.9 Å². The molecule has 0 aromatic heterocycles. The number of ether oxygens (including phenoxy) is 2. The first-order valence-corrected chi connectivity index (χ1v) is 11.6. The maximum absolute atomic E-state index is 11.9. The third kappa shape index (κ3) is 9.61. The number of nitrogens with one attached hydrogen (secondary N) is 3. The van der Waals surface area contributed by atoms with Gasteiger partial charge in [0, 0.05) is 37.0 Å². The molecule has 0 bridgehead atoms. The lowest BCUT2D eigenvalue weighted by molar-refractivity contribution is -0.124. The Kier molecular flexibility index (Phi) is 12.1. The number of carbonyl (C=O) groups excluding carboxylic acids is 3. The highest BCUT2D eigenvalue weighted by atomic mass is 32.2. The molecule has 3 amide bonds. The van der Waals surface area contributed by atoms with Crippen LogP contribution in [0.1, 0.15) is 38.5 Å². The van der Waals surface area contributed by atoms with Crippen molar-refractivity contribution >= 4 is 29.5 Å². The summed E-state index contributed by atoms with van der Waals surface area (Å²) in [5, 5.41) is 9.22. The highest BCUT2D eigenvalue weighted by Gasteiger charge is 2.42. The first-order valence-electron chi connectivity index (χ1n) is 10.5. The standard InChI is InChI=1S/C19H34N4O6S/c20-29-12-14(24)4-3-8-27-10-11-28-9-7-21-17(25)6-2-1-5-16-18-15(13-30-16)22-19(26)23-18/h15-16,18H,1-13,20H2,(H,21,25)(H2,22,23,26)/t15-,16-,18-/m0/s1. The highest BCUT2D eigenvalue weighted by molar-refractivity contribution is 8.00. The lowest BCUT2D eigenvalue weighted by Gasteiger charge is -2.16. The van der Waals surface area contributed by atoms with Crippen molar-refractivity contribution in [3.05, 3.63) is 0 Å². The predicted molar refractivity (Wildman–Crippen MR) is 113 cm³/mol. The maximum Gasteiger partial charge on any atom is 0.315 e. The molecule has 2 heterocycles. The average Bonchev–Trinajstić information content (AvgIpc) is 3.26. The van der Waals surface area contributed by atoms with Crippen molar-refractivity contribution in [3.8, 4) is 0 Å². The molecule has 2 aliphatic rings. The van der Waals surface area contributed by atoms with Crippen LogP contribution in [0, 0.1) is 0 Å². The van der Waals surface area contributed by atoms with E-state index in [4.69, 9.17) is 15.4 Å². The molecule has 5 N–H and O–H groups in total. The van der Waals surface area contributed by atoms with Gasteiger partial charge in [-0.2, -0.15) is 11.8 Å². The quantitative estimate of drug-likeness (QED) is 0.140. The summed E-state index contributed by atoms with van der Waals surface area (Å²) in [6.07, 6.45) is 4.36. The van der Waals surface area contributed by atoms with Crippen LogP contribution in [-0.4, -0.2) is 80.4 Å². The van der Waals surface area contributed by atoms with Crippen LogP contribution < -0.4 is 21.8 Å². The van der Waals surface area contributed by atoms with E-state index in [0.717, 1.165) is 25.0 Å². The number of ketones is 1. The molecule has 0 aromatic carbocycles. The van der Waals surface area contributed by atoms with E-state index in [1.165, 1.54) is 0 Å². The van der Waals surface area contributed by atoms with Gasteiger partial charge in [0.15, 0.2) is 5.78 Å². The van der Waals surface area contributed by atoms with Crippen molar-refractivity contribution in [2.75, 3.05) is 45.3 Å². The lowest BCUT2D eigenvalue weighted by atomic mass is 10.0. The molecule has 2 saturated heterocycles. The van der Waals surface area contributed by atoms with Crippen LogP contribution >= 0.6 is 11.8 Å². The van der Waals surface area contributed by atoms with Gasteiger partial charge in [0.1, 0.15) is 6.61 Å². The summed E-state index contributed by atoms with van der Waals surface area (Å²) >= 11 is 1.90. The van der Waals surface area contributed by atoms with Gasteiger partial charge in [-0.1, -0.05) is 6.42 Å². The average molecular weight is 447 g/mol. The number of nitrogens with two attached hydrogens (primary N) is 1. The van der Waals surface area contributed by atoms with Crippen LogP contribution in [0.15, 0.2) is 0 Å². The van der Waals surface area contributed by atoms with E-state index in [9.17, 15) is 14.4 Å². The summed E-state index contributed by atoms with van der Waals surface area (Å²) in [4.78, 5) is 38.7. The molecular weight excluding hydrogens is 412 g/mol. The fourth-order valence-electron chi connectivity index (χ4n) is 3.48. The number of hydrogen-bond acceptors (Lipinski definition) is 8. The Balaban J connectivity index is 1.34. The summed E-state index contributed by atoms with van der Waals surface area (Å²) < 4.78 is 10.8. The topological polar surface area (TPSA) is 141 Å². The zero-order chi connectivity index (χ0) is 21.6. The number of rotatable bonds is 17. The molecule has 172 valence electrons. The van der Waals surface area contributed by atoms with Crippen molar-refractivity contribution in [1.82, 2.24) is 16.0 Å². The van der Waals surface area contributed by atoms with E-state index < -0.39 is 0 Å². The van der Waals surface area contributed by atoms with Crippen molar-refractivity contribution in [2.24, 2.45) is 5.90 Å². The van der Waals surface area contributed by atoms with Crippen LogP contribution in [0.3, 0.4) is 0 Å². The third-order valence-corrected chi connectivity index (χ3v) is 6.52. The number of fused-ring (bicyclic) bond motifs is 1. The Bertz CT molecular complexity index is 553. The molecule has 0 unspecified atom stereocenters. The van der Waals surface area contributed by atoms with E-state index >= 15 is 0 Å². The van der Waals surface area contributed by atoms with Gasteiger partial charge in [0.05, 0.1) is 31.9 Å². The van der Waals surface area contributed by atoms with E-state index in [-0.39, 0.29) is 36.4 Å². The monoisotopic (exact) mass is 446 g/mol. The molecule has 10 nitrogen and oxygen atoms in total. The Morgan fingerprint density at radius 2 is 1.87 bits per heavy atom. The fourth-order valence-corrected chi connectivity index (χ4v) is 5.03. The van der Waals surface area contributed by atoms with Gasteiger partial charge in [-0.05, 0) is 19.3 Å². The number of unbranched alkanes of at least 4 members (excludes halogenated alkanes) is 1. The Labute approximate surface area is 181 Å². The van der Waals surface area contributed by atoms with Crippen molar-refractivity contribution in [2.45, 2.75) is 55.9 Å². The number of amides is 3. The SMILES string of the molecule is NOCC(=O)CCCOCCOCCNC(=O)CCCC[C@@H]1SC[C@@H]2NC(=O)N[C@@H]21. The molecule has 3 atom stereocenters. The Hall–Kier alpha value is -1.40. The fraction of sp³-hybridized carbons (Fsp3) is 0.842. The summed E-state index contributed by atoms with van der Waals surface area (Å²) in [5.41, 5.74) is 0. The molecule has 0 aliphatic carbocycles. The third-order valence-electron chi connectivity index (χ3n) is 5.01. The summed E-state index contributed by atoms with van der Waals surface area (Å²) in [6.45, 7) is 2.24. The second-order valence-corrected chi connectivity index (χ2v) is 8.67. The van der Waals surface area contributed by atoms with Gasteiger partial charge in [-0.3, -0.25) is 14.4 Å². The van der Waals surface area contributed by atoms with Crippen molar-refractivity contribution in [3.63, 3.8) is 0 Å². The van der Waals surface area contributed by atoms with Crippen LogP contribution in [0.2, 0.25) is 0 Å². The number of urea groups is 1. The maximum atomic E-state index is 11.9. The Morgan fingerprint density at radius 3 is 2.67 bits per heavy atom. The normalized spacial score (nSPS) is 22.4. The molecular formula is C19H34N4O6S. The van der Waals surface area contributed by atoms with Crippen molar-refractivity contribution in [1.29, 1.82) is 0 Å². The molecule has 0 saturated carbocycles. The molecule has 0 radical (unpaired) electrons. The van der Waals surface area contributed by atoms with E-state index in [1.807, 2.05) is 11.8 Å². The largest absolute Gasteiger partial charge is 0.379 e. The van der Waals surface area contributed by atoms with Crippen LogP contribution in [0.5, 0.6) is 0 Å². The minimum absolute atomic E-state index is 0.0359.